The Morgan fingerprint density at radius 1 is 1.58 bits per heavy atom. The number of aliphatic hydroxyl groups excluding tert-OH is 1. The molecule has 5 heteroatoms. The van der Waals surface area contributed by atoms with Crippen molar-refractivity contribution < 1.29 is 14.6 Å². The van der Waals surface area contributed by atoms with Gasteiger partial charge in [0.2, 0.25) is 0 Å². The number of halogens is 1. The molecule has 19 heavy (non-hydrogen) atoms. The van der Waals surface area contributed by atoms with Crippen molar-refractivity contribution in [2.45, 2.75) is 38.3 Å². The van der Waals surface area contributed by atoms with Crippen molar-refractivity contribution in [2.24, 2.45) is 0 Å². The summed E-state index contributed by atoms with van der Waals surface area (Å²) in [5, 5.41) is 12.5. The first kappa shape index (κ1) is 14.2. The van der Waals surface area contributed by atoms with E-state index in [-0.39, 0.29) is 12.5 Å². The van der Waals surface area contributed by atoms with Gasteiger partial charge in [-0.15, -0.1) is 0 Å². The molecule has 1 unspecified atom stereocenters. The molecule has 1 aromatic carbocycles. The fraction of sp³-hybridized carbons (Fsp3) is 0.500. The van der Waals surface area contributed by atoms with E-state index in [2.05, 4.69) is 5.32 Å². The fourth-order valence-corrected chi connectivity index (χ4v) is 2.31. The van der Waals surface area contributed by atoms with Crippen LogP contribution in [0.25, 0.3) is 0 Å². The molecule has 0 radical (unpaired) electrons. The molecule has 2 N–H and O–H groups in total. The van der Waals surface area contributed by atoms with Crippen LogP contribution >= 0.6 is 11.6 Å². The second-order valence-electron chi connectivity index (χ2n) is 5.41. The Morgan fingerprint density at radius 3 is 3.00 bits per heavy atom. The molecule has 2 rings (SSSR count). The first-order valence-corrected chi connectivity index (χ1v) is 6.67. The number of fused-ring (bicyclic) bond motifs is 1. The second-order valence-corrected chi connectivity index (χ2v) is 5.85. The number of benzene rings is 1. The van der Waals surface area contributed by atoms with Crippen molar-refractivity contribution in [3.63, 3.8) is 0 Å². The summed E-state index contributed by atoms with van der Waals surface area (Å²) >= 11 is 5.91. The number of hydrogen-bond acceptors (Lipinski definition) is 3. The minimum absolute atomic E-state index is 0.0363. The lowest BCUT2D eigenvalue weighted by Gasteiger charge is -2.26. The third-order valence-electron chi connectivity index (χ3n) is 3.19. The summed E-state index contributed by atoms with van der Waals surface area (Å²) < 4.78 is 5.61. The third-order valence-corrected chi connectivity index (χ3v) is 3.42. The van der Waals surface area contributed by atoms with Gasteiger partial charge in [-0.25, -0.2) is 0 Å². The largest absolute Gasteiger partial charge is 0.480 e. The molecule has 1 atom stereocenters. The number of nitrogens with one attached hydrogen (secondary N) is 1. The topological polar surface area (TPSA) is 58.6 Å². The van der Waals surface area contributed by atoms with Gasteiger partial charge in [-0.1, -0.05) is 11.6 Å². The predicted octanol–water partition coefficient (Wildman–Crippen LogP) is 1.92. The number of ether oxygens (including phenoxy) is 1. The first-order valence-electron chi connectivity index (χ1n) is 6.29. The van der Waals surface area contributed by atoms with Gasteiger partial charge >= 0.3 is 0 Å². The average molecular weight is 284 g/mol. The quantitative estimate of drug-likeness (QED) is 0.888. The van der Waals surface area contributed by atoms with Crippen molar-refractivity contribution in [3.8, 4) is 5.75 Å². The SMILES string of the molecule is CC(C)(CCO)NC(=O)C1Cc2cc(Cl)ccc2O1. The van der Waals surface area contributed by atoms with E-state index in [9.17, 15) is 4.79 Å². The van der Waals surface area contributed by atoms with E-state index in [0.717, 1.165) is 5.56 Å². The molecule has 4 nitrogen and oxygen atoms in total. The minimum atomic E-state index is -0.522. The van der Waals surface area contributed by atoms with Crippen LogP contribution in [0.4, 0.5) is 0 Å². The van der Waals surface area contributed by atoms with Crippen molar-refractivity contribution in [2.75, 3.05) is 6.61 Å². The van der Waals surface area contributed by atoms with Crippen molar-refractivity contribution in [1.29, 1.82) is 0 Å². The maximum atomic E-state index is 12.1. The highest BCUT2D eigenvalue weighted by Crippen LogP contribution is 2.31. The third kappa shape index (κ3) is 3.39. The number of aliphatic hydroxyl groups is 1. The molecule has 0 aliphatic carbocycles. The van der Waals surface area contributed by atoms with Crippen LogP contribution in [-0.2, 0) is 11.2 Å². The van der Waals surface area contributed by atoms with Crippen LogP contribution in [-0.4, -0.2) is 29.3 Å². The Hall–Kier alpha value is -1.26. The van der Waals surface area contributed by atoms with E-state index in [0.29, 0.717) is 23.6 Å². The second kappa shape index (κ2) is 5.39. The lowest BCUT2D eigenvalue weighted by Crippen LogP contribution is -2.49. The maximum Gasteiger partial charge on any atom is 0.261 e. The van der Waals surface area contributed by atoms with Crippen molar-refractivity contribution in [1.82, 2.24) is 5.32 Å². The Labute approximate surface area is 117 Å². The number of hydrogen-bond donors (Lipinski definition) is 2. The van der Waals surface area contributed by atoms with Gasteiger partial charge in [-0.05, 0) is 44.0 Å². The standard InChI is InChI=1S/C14H18ClNO3/c1-14(2,5-6-17)16-13(18)12-8-9-7-10(15)3-4-11(9)19-12/h3-4,7,12,17H,5-6,8H2,1-2H3,(H,16,18). The number of amides is 1. The molecule has 1 aliphatic rings. The normalized spacial score (nSPS) is 17.8. The van der Waals surface area contributed by atoms with E-state index in [1.54, 1.807) is 12.1 Å². The molecule has 0 saturated heterocycles. The molecule has 0 aromatic heterocycles. The van der Waals surface area contributed by atoms with E-state index >= 15 is 0 Å². The van der Waals surface area contributed by atoms with Crippen LogP contribution in [0.1, 0.15) is 25.8 Å². The lowest BCUT2D eigenvalue weighted by atomic mass is 10.0. The van der Waals surface area contributed by atoms with Crippen LogP contribution in [0.15, 0.2) is 18.2 Å². The van der Waals surface area contributed by atoms with Gasteiger partial charge in [0.15, 0.2) is 6.10 Å². The van der Waals surface area contributed by atoms with E-state index < -0.39 is 11.6 Å². The summed E-state index contributed by atoms with van der Waals surface area (Å²) in [6.45, 7) is 3.79. The molecule has 0 bridgehead atoms. The molecular weight excluding hydrogens is 266 g/mol. The molecule has 1 aromatic rings. The van der Waals surface area contributed by atoms with Gasteiger partial charge in [0, 0.05) is 23.6 Å². The molecule has 1 heterocycles. The fourth-order valence-electron chi connectivity index (χ4n) is 2.12. The first-order chi connectivity index (χ1) is 8.91. The Bertz CT molecular complexity index is 488. The van der Waals surface area contributed by atoms with Gasteiger partial charge < -0.3 is 15.2 Å². The highest BCUT2D eigenvalue weighted by molar-refractivity contribution is 6.30. The van der Waals surface area contributed by atoms with E-state index in [4.69, 9.17) is 21.4 Å². The zero-order chi connectivity index (χ0) is 14.0. The highest BCUT2D eigenvalue weighted by atomic mass is 35.5. The lowest BCUT2D eigenvalue weighted by molar-refractivity contribution is -0.129. The average Bonchev–Trinajstić information content (AvgIpc) is 2.71. The zero-order valence-corrected chi connectivity index (χ0v) is 11.8. The Kier molecular flexibility index (Phi) is 4.02. The summed E-state index contributed by atoms with van der Waals surface area (Å²) in [6, 6.07) is 5.35. The van der Waals surface area contributed by atoms with Crippen LogP contribution in [0, 0.1) is 0 Å². The number of carbonyl (C=O) groups excluding carboxylic acids is 1. The Morgan fingerprint density at radius 2 is 2.32 bits per heavy atom. The smallest absolute Gasteiger partial charge is 0.261 e. The molecule has 0 saturated carbocycles. The monoisotopic (exact) mass is 283 g/mol. The summed E-state index contributed by atoms with van der Waals surface area (Å²) in [4.78, 5) is 12.1. The van der Waals surface area contributed by atoms with Crippen LogP contribution < -0.4 is 10.1 Å². The summed E-state index contributed by atoms with van der Waals surface area (Å²) in [6.07, 6.45) is 0.507. The Balaban J connectivity index is 2.01. The van der Waals surface area contributed by atoms with Gasteiger partial charge in [0.05, 0.1) is 0 Å². The summed E-state index contributed by atoms with van der Waals surface area (Å²) in [7, 11) is 0. The summed E-state index contributed by atoms with van der Waals surface area (Å²) in [5.41, 5.74) is 0.509. The van der Waals surface area contributed by atoms with E-state index in [1.807, 2.05) is 19.9 Å². The number of rotatable bonds is 4. The predicted molar refractivity (Wildman–Crippen MR) is 73.5 cm³/mol. The number of carbonyl (C=O) groups is 1. The van der Waals surface area contributed by atoms with Crippen molar-refractivity contribution in [3.05, 3.63) is 28.8 Å². The maximum absolute atomic E-state index is 12.1. The molecule has 1 amide bonds. The highest BCUT2D eigenvalue weighted by Gasteiger charge is 2.32. The molecule has 104 valence electrons. The van der Waals surface area contributed by atoms with Crippen LogP contribution in [0.3, 0.4) is 0 Å². The van der Waals surface area contributed by atoms with Crippen molar-refractivity contribution >= 4 is 17.5 Å². The van der Waals surface area contributed by atoms with Gasteiger partial charge in [-0.2, -0.15) is 0 Å². The zero-order valence-electron chi connectivity index (χ0n) is 11.1. The van der Waals surface area contributed by atoms with Crippen LogP contribution in [0.5, 0.6) is 5.75 Å². The van der Waals surface area contributed by atoms with Gasteiger partial charge in [0.25, 0.3) is 5.91 Å². The summed E-state index contributed by atoms with van der Waals surface area (Å²) in [5.74, 6) is 0.551. The molecule has 0 spiro atoms. The molecular formula is C14H18ClNO3. The molecule has 1 aliphatic heterocycles. The molecule has 0 fully saturated rings. The van der Waals surface area contributed by atoms with Gasteiger partial charge in [0.1, 0.15) is 5.75 Å². The minimum Gasteiger partial charge on any atom is -0.480 e. The van der Waals surface area contributed by atoms with Crippen LogP contribution in [0.2, 0.25) is 5.02 Å². The van der Waals surface area contributed by atoms with E-state index in [1.165, 1.54) is 0 Å². The van der Waals surface area contributed by atoms with Gasteiger partial charge in [-0.3, -0.25) is 4.79 Å².